The molecule has 0 aromatic carbocycles. The number of aromatic amines is 1. The van der Waals surface area contributed by atoms with Gasteiger partial charge < -0.3 is 16.0 Å². The minimum absolute atomic E-state index is 0.0612. The third-order valence-electron chi connectivity index (χ3n) is 3.30. The fourth-order valence-corrected chi connectivity index (χ4v) is 2.17. The number of piperidine rings is 1. The van der Waals surface area contributed by atoms with Gasteiger partial charge in [0.05, 0.1) is 0 Å². The molecule has 2 heterocycles. The van der Waals surface area contributed by atoms with E-state index in [9.17, 15) is 9.59 Å². The summed E-state index contributed by atoms with van der Waals surface area (Å²) in [6.07, 6.45) is 2.05. The lowest BCUT2D eigenvalue weighted by molar-refractivity contribution is -0.121. The fourth-order valence-electron chi connectivity index (χ4n) is 2.17. The molecule has 1 fully saturated rings. The van der Waals surface area contributed by atoms with E-state index >= 15 is 0 Å². The first-order valence-electron chi connectivity index (χ1n) is 6.49. The first kappa shape index (κ1) is 13.4. The minimum atomic E-state index is -0.0931. The van der Waals surface area contributed by atoms with Crippen molar-refractivity contribution in [3.8, 4) is 0 Å². The Hall–Kier alpha value is -2.05. The number of H-pyrrole nitrogens is 1. The summed E-state index contributed by atoms with van der Waals surface area (Å²) >= 11 is 0. The van der Waals surface area contributed by atoms with Gasteiger partial charge >= 0.3 is 0 Å². The highest BCUT2D eigenvalue weighted by atomic mass is 16.2. The number of carbonyl (C=O) groups excluding carboxylic acids is 2. The number of aromatic nitrogens is 2. The summed E-state index contributed by atoms with van der Waals surface area (Å²) in [5, 5.41) is 9.32. The lowest BCUT2D eigenvalue weighted by Crippen LogP contribution is -2.46. The second kappa shape index (κ2) is 5.73. The van der Waals surface area contributed by atoms with Gasteiger partial charge in [0.2, 0.25) is 5.91 Å². The second-order valence-corrected chi connectivity index (χ2v) is 4.69. The molecule has 1 aromatic heterocycles. The van der Waals surface area contributed by atoms with E-state index in [4.69, 9.17) is 5.73 Å². The van der Waals surface area contributed by atoms with E-state index < -0.39 is 0 Å². The zero-order valence-corrected chi connectivity index (χ0v) is 11.0. The second-order valence-electron chi connectivity index (χ2n) is 4.69. The van der Waals surface area contributed by atoms with Crippen LogP contribution in [0, 0.1) is 0 Å². The number of amides is 2. The van der Waals surface area contributed by atoms with Gasteiger partial charge in [0.25, 0.3) is 5.91 Å². The number of nitrogens with two attached hydrogens (primary N) is 1. The highest BCUT2D eigenvalue weighted by molar-refractivity contribution is 5.93. The summed E-state index contributed by atoms with van der Waals surface area (Å²) in [5.74, 6) is 0.282. The number of rotatable bonds is 3. The van der Waals surface area contributed by atoms with Crippen molar-refractivity contribution in [1.29, 1.82) is 0 Å². The highest BCUT2D eigenvalue weighted by Crippen LogP contribution is 2.14. The Kier molecular flexibility index (Phi) is 4.03. The van der Waals surface area contributed by atoms with Crippen molar-refractivity contribution in [3.05, 3.63) is 11.8 Å². The quantitative estimate of drug-likeness (QED) is 0.722. The molecule has 2 rings (SSSR count). The normalized spacial score (nSPS) is 16.4. The number of nitrogen functional groups attached to an aromatic ring is 1. The average molecular weight is 265 g/mol. The Bertz CT molecular complexity index is 462. The molecule has 0 aliphatic carbocycles. The first-order chi connectivity index (χ1) is 9.10. The van der Waals surface area contributed by atoms with Crippen LogP contribution in [0.3, 0.4) is 0 Å². The Morgan fingerprint density at radius 3 is 2.74 bits per heavy atom. The summed E-state index contributed by atoms with van der Waals surface area (Å²) in [6.45, 7) is 3.09. The molecule has 1 aliphatic rings. The van der Waals surface area contributed by atoms with Crippen LogP contribution in [0.1, 0.15) is 36.7 Å². The van der Waals surface area contributed by atoms with E-state index in [1.54, 1.807) is 4.90 Å². The standard InChI is InChI=1S/C12H19N5O2/c1-2-11(18)14-8-3-5-17(6-4-8)12(19)9-7-10(13)16-15-9/h7-8H,2-6H2,1H3,(H,14,18)(H3,13,15,16). The lowest BCUT2D eigenvalue weighted by atomic mass is 10.0. The Morgan fingerprint density at radius 2 is 2.21 bits per heavy atom. The molecule has 7 nitrogen and oxygen atoms in total. The van der Waals surface area contributed by atoms with Crippen LogP contribution in [0.4, 0.5) is 5.82 Å². The van der Waals surface area contributed by atoms with Gasteiger partial charge in [-0.1, -0.05) is 6.92 Å². The molecule has 19 heavy (non-hydrogen) atoms. The molecule has 0 saturated carbocycles. The van der Waals surface area contributed by atoms with Crippen molar-refractivity contribution in [2.24, 2.45) is 0 Å². The van der Waals surface area contributed by atoms with Gasteiger partial charge in [0, 0.05) is 31.6 Å². The average Bonchev–Trinajstić information content (AvgIpc) is 2.85. The number of anilines is 1. The van der Waals surface area contributed by atoms with Crippen LogP contribution in [0.2, 0.25) is 0 Å². The van der Waals surface area contributed by atoms with Gasteiger partial charge in [-0.2, -0.15) is 5.10 Å². The van der Waals surface area contributed by atoms with E-state index in [0.717, 1.165) is 12.8 Å². The number of hydrogen-bond acceptors (Lipinski definition) is 4. The van der Waals surface area contributed by atoms with Crippen molar-refractivity contribution in [2.75, 3.05) is 18.8 Å². The predicted octanol–water partition coefficient (Wildman–Crippen LogP) is 0.123. The minimum Gasteiger partial charge on any atom is -0.382 e. The molecule has 0 bridgehead atoms. The van der Waals surface area contributed by atoms with Crippen LogP contribution in [-0.2, 0) is 4.79 Å². The van der Waals surface area contributed by atoms with Crippen LogP contribution in [-0.4, -0.2) is 46.0 Å². The van der Waals surface area contributed by atoms with E-state index in [1.807, 2.05) is 6.92 Å². The number of nitrogens with zero attached hydrogens (tertiary/aromatic N) is 2. The summed E-state index contributed by atoms with van der Waals surface area (Å²) in [5.41, 5.74) is 5.89. The largest absolute Gasteiger partial charge is 0.382 e. The Morgan fingerprint density at radius 1 is 1.53 bits per heavy atom. The Balaban J connectivity index is 1.86. The molecule has 1 aliphatic heterocycles. The molecule has 0 spiro atoms. The Labute approximate surface area is 111 Å². The van der Waals surface area contributed by atoms with Gasteiger partial charge in [-0.3, -0.25) is 14.7 Å². The van der Waals surface area contributed by atoms with Gasteiger partial charge in [-0.05, 0) is 12.8 Å². The van der Waals surface area contributed by atoms with Gasteiger partial charge in [-0.25, -0.2) is 0 Å². The molecule has 0 radical (unpaired) electrons. The summed E-state index contributed by atoms with van der Waals surface area (Å²) in [4.78, 5) is 25.2. The van der Waals surface area contributed by atoms with Crippen LogP contribution in [0.5, 0.6) is 0 Å². The molecule has 0 unspecified atom stereocenters. The third-order valence-corrected chi connectivity index (χ3v) is 3.30. The maximum absolute atomic E-state index is 12.1. The van der Waals surface area contributed by atoms with E-state index in [-0.39, 0.29) is 17.9 Å². The van der Waals surface area contributed by atoms with Gasteiger partial charge in [-0.15, -0.1) is 0 Å². The van der Waals surface area contributed by atoms with Crippen molar-refractivity contribution >= 4 is 17.6 Å². The lowest BCUT2D eigenvalue weighted by Gasteiger charge is -2.32. The zero-order chi connectivity index (χ0) is 13.8. The summed E-state index contributed by atoms with van der Waals surface area (Å²) < 4.78 is 0. The first-order valence-corrected chi connectivity index (χ1v) is 6.49. The van der Waals surface area contributed by atoms with Crippen LogP contribution in [0.25, 0.3) is 0 Å². The summed E-state index contributed by atoms with van der Waals surface area (Å²) in [7, 11) is 0. The molecular weight excluding hydrogens is 246 g/mol. The van der Waals surface area contributed by atoms with Crippen LogP contribution in [0.15, 0.2) is 6.07 Å². The molecule has 2 amide bonds. The molecule has 0 atom stereocenters. The third kappa shape index (κ3) is 3.24. The van der Waals surface area contributed by atoms with Crippen LogP contribution >= 0.6 is 0 Å². The predicted molar refractivity (Wildman–Crippen MR) is 70.4 cm³/mol. The zero-order valence-electron chi connectivity index (χ0n) is 11.0. The van der Waals surface area contributed by atoms with E-state index in [2.05, 4.69) is 15.5 Å². The SMILES string of the molecule is CCC(=O)NC1CCN(C(=O)c2cc(N)n[nH]2)CC1. The van der Waals surface area contributed by atoms with Crippen molar-refractivity contribution in [1.82, 2.24) is 20.4 Å². The highest BCUT2D eigenvalue weighted by Gasteiger charge is 2.25. The maximum atomic E-state index is 12.1. The van der Waals surface area contributed by atoms with Crippen LogP contribution < -0.4 is 11.1 Å². The number of nitrogens with one attached hydrogen (secondary N) is 2. The van der Waals surface area contributed by atoms with Gasteiger partial charge in [0.15, 0.2) is 0 Å². The molecule has 7 heteroatoms. The number of likely N-dealkylation sites (tertiary alicyclic amines) is 1. The smallest absolute Gasteiger partial charge is 0.271 e. The maximum Gasteiger partial charge on any atom is 0.271 e. The van der Waals surface area contributed by atoms with E-state index in [1.165, 1.54) is 6.07 Å². The van der Waals surface area contributed by atoms with Crippen molar-refractivity contribution < 1.29 is 9.59 Å². The van der Waals surface area contributed by atoms with E-state index in [0.29, 0.717) is 31.0 Å². The molecule has 104 valence electrons. The van der Waals surface area contributed by atoms with Crippen molar-refractivity contribution in [2.45, 2.75) is 32.2 Å². The number of carbonyl (C=O) groups is 2. The molecule has 1 aromatic rings. The topological polar surface area (TPSA) is 104 Å². The van der Waals surface area contributed by atoms with Crippen molar-refractivity contribution in [3.63, 3.8) is 0 Å². The molecule has 4 N–H and O–H groups in total. The summed E-state index contributed by atoms with van der Waals surface area (Å²) in [6, 6.07) is 1.70. The number of hydrogen-bond donors (Lipinski definition) is 3. The molecule has 1 saturated heterocycles. The van der Waals surface area contributed by atoms with Gasteiger partial charge in [0.1, 0.15) is 11.5 Å². The monoisotopic (exact) mass is 265 g/mol. The fraction of sp³-hybridized carbons (Fsp3) is 0.583. The molecular formula is C12H19N5O2.